The first kappa shape index (κ1) is 21.3. The normalized spacial score (nSPS) is 14.5. The van der Waals surface area contributed by atoms with Gasteiger partial charge in [-0.05, 0) is 42.3 Å². The molecular formula is C21H21NO8. The highest BCUT2D eigenvalue weighted by molar-refractivity contribution is 5.89. The Balaban J connectivity index is 1.74. The summed E-state index contributed by atoms with van der Waals surface area (Å²) < 4.78 is 26.5. The molecule has 1 fully saturated rings. The van der Waals surface area contributed by atoms with Gasteiger partial charge in [-0.3, -0.25) is 10.1 Å². The van der Waals surface area contributed by atoms with E-state index in [1.165, 1.54) is 38.5 Å². The number of carbonyl (C=O) groups is 1. The summed E-state index contributed by atoms with van der Waals surface area (Å²) in [5, 5.41) is 11.4. The molecule has 30 heavy (non-hydrogen) atoms. The number of hydrogen-bond acceptors (Lipinski definition) is 8. The number of nitro groups is 1. The minimum Gasteiger partial charge on any atom is -0.493 e. The van der Waals surface area contributed by atoms with Crippen LogP contribution in [0, 0.1) is 10.1 Å². The van der Waals surface area contributed by atoms with Gasteiger partial charge in [-0.1, -0.05) is 6.07 Å². The second-order valence-corrected chi connectivity index (χ2v) is 6.28. The molecule has 9 nitrogen and oxygen atoms in total. The zero-order valence-corrected chi connectivity index (χ0v) is 16.5. The van der Waals surface area contributed by atoms with Gasteiger partial charge in [0.2, 0.25) is 5.75 Å². The summed E-state index contributed by atoms with van der Waals surface area (Å²) in [6, 6.07) is 9.33. The number of nitrogens with zero attached hydrogens (tertiary/aromatic N) is 1. The summed E-state index contributed by atoms with van der Waals surface area (Å²) in [5.74, 6) is 0.137. The SMILES string of the molecule is COc1ccc(/C=C/C(=O)Oc2ccc(C3OCCCO3)cc2[N+](=O)[O-])cc1OC. The summed E-state index contributed by atoms with van der Waals surface area (Å²) in [6.07, 6.45) is 2.77. The molecular weight excluding hydrogens is 394 g/mol. The molecule has 0 unspecified atom stereocenters. The van der Waals surface area contributed by atoms with Crippen molar-refractivity contribution >= 4 is 17.7 Å². The second kappa shape index (κ2) is 9.86. The molecule has 0 saturated carbocycles. The number of benzene rings is 2. The lowest BCUT2D eigenvalue weighted by Crippen LogP contribution is -2.18. The predicted molar refractivity (Wildman–Crippen MR) is 107 cm³/mol. The Labute approximate surface area is 172 Å². The van der Waals surface area contributed by atoms with Crippen molar-refractivity contribution in [1.82, 2.24) is 0 Å². The molecule has 3 rings (SSSR count). The van der Waals surface area contributed by atoms with Crippen LogP contribution in [0.15, 0.2) is 42.5 Å². The number of carbonyl (C=O) groups excluding carboxylic acids is 1. The summed E-state index contributed by atoms with van der Waals surface area (Å²) >= 11 is 0. The van der Waals surface area contributed by atoms with Crippen LogP contribution in [-0.2, 0) is 14.3 Å². The smallest absolute Gasteiger partial charge is 0.336 e. The van der Waals surface area contributed by atoms with Crippen molar-refractivity contribution in [2.45, 2.75) is 12.7 Å². The molecule has 1 aliphatic rings. The number of ether oxygens (including phenoxy) is 5. The van der Waals surface area contributed by atoms with E-state index in [4.69, 9.17) is 23.7 Å². The minimum atomic E-state index is -0.759. The maximum absolute atomic E-state index is 12.2. The van der Waals surface area contributed by atoms with Gasteiger partial charge in [0, 0.05) is 17.7 Å². The predicted octanol–water partition coefficient (Wildman–Crippen LogP) is 3.67. The van der Waals surface area contributed by atoms with E-state index in [0.717, 1.165) is 6.42 Å². The van der Waals surface area contributed by atoms with Crippen LogP contribution in [0.1, 0.15) is 23.8 Å². The van der Waals surface area contributed by atoms with Crippen molar-refractivity contribution < 1.29 is 33.4 Å². The molecule has 0 radical (unpaired) electrons. The van der Waals surface area contributed by atoms with Gasteiger partial charge in [-0.2, -0.15) is 0 Å². The lowest BCUT2D eigenvalue weighted by molar-refractivity contribution is -0.385. The van der Waals surface area contributed by atoms with Gasteiger partial charge in [-0.25, -0.2) is 4.79 Å². The molecule has 0 bridgehead atoms. The van der Waals surface area contributed by atoms with Gasteiger partial charge >= 0.3 is 11.7 Å². The summed E-state index contributed by atoms with van der Waals surface area (Å²) in [4.78, 5) is 23.0. The highest BCUT2D eigenvalue weighted by Gasteiger charge is 2.23. The number of methoxy groups -OCH3 is 2. The first-order valence-corrected chi connectivity index (χ1v) is 9.15. The van der Waals surface area contributed by atoms with E-state index in [2.05, 4.69) is 0 Å². The van der Waals surface area contributed by atoms with E-state index in [1.807, 2.05) is 0 Å². The van der Waals surface area contributed by atoms with E-state index >= 15 is 0 Å². The summed E-state index contributed by atoms with van der Waals surface area (Å²) in [7, 11) is 3.03. The Morgan fingerprint density at radius 1 is 1.07 bits per heavy atom. The van der Waals surface area contributed by atoms with Gasteiger partial charge in [0.05, 0.1) is 32.4 Å². The monoisotopic (exact) mass is 415 g/mol. The van der Waals surface area contributed by atoms with Gasteiger partial charge in [0.25, 0.3) is 0 Å². The maximum Gasteiger partial charge on any atom is 0.336 e. The Hall–Kier alpha value is -3.43. The zero-order chi connectivity index (χ0) is 21.5. The Bertz CT molecular complexity index is 950. The van der Waals surface area contributed by atoms with Crippen LogP contribution in [0.5, 0.6) is 17.2 Å². The molecule has 1 saturated heterocycles. The topological polar surface area (TPSA) is 106 Å². The van der Waals surface area contributed by atoms with Gasteiger partial charge in [0.1, 0.15) is 0 Å². The number of hydrogen-bond donors (Lipinski definition) is 0. The molecule has 1 heterocycles. The molecule has 2 aromatic carbocycles. The van der Waals surface area contributed by atoms with Crippen LogP contribution in [0.25, 0.3) is 6.08 Å². The van der Waals surface area contributed by atoms with E-state index < -0.39 is 17.2 Å². The fourth-order valence-electron chi connectivity index (χ4n) is 2.85. The van der Waals surface area contributed by atoms with E-state index in [9.17, 15) is 14.9 Å². The molecule has 158 valence electrons. The molecule has 0 N–H and O–H groups in total. The van der Waals surface area contributed by atoms with Crippen molar-refractivity contribution in [3.05, 3.63) is 63.7 Å². The Morgan fingerprint density at radius 3 is 2.43 bits per heavy atom. The van der Waals surface area contributed by atoms with Crippen molar-refractivity contribution in [2.24, 2.45) is 0 Å². The van der Waals surface area contributed by atoms with Crippen LogP contribution in [0.2, 0.25) is 0 Å². The van der Waals surface area contributed by atoms with Crippen molar-refractivity contribution in [1.29, 1.82) is 0 Å². The van der Waals surface area contributed by atoms with Crippen LogP contribution in [0.4, 0.5) is 5.69 Å². The average Bonchev–Trinajstić information content (AvgIpc) is 2.78. The van der Waals surface area contributed by atoms with Crippen molar-refractivity contribution in [2.75, 3.05) is 27.4 Å². The molecule has 0 aliphatic carbocycles. The van der Waals surface area contributed by atoms with Crippen LogP contribution in [-0.4, -0.2) is 38.3 Å². The quantitative estimate of drug-likeness (QED) is 0.222. The first-order valence-electron chi connectivity index (χ1n) is 9.15. The summed E-state index contributed by atoms with van der Waals surface area (Å²) in [6.45, 7) is 1.02. The van der Waals surface area contributed by atoms with Crippen LogP contribution in [0.3, 0.4) is 0 Å². The molecule has 0 atom stereocenters. The van der Waals surface area contributed by atoms with Crippen molar-refractivity contribution in [3.8, 4) is 17.2 Å². The number of esters is 1. The third kappa shape index (κ3) is 5.13. The van der Waals surface area contributed by atoms with Crippen molar-refractivity contribution in [3.63, 3.8) is 0 Å². The molecule has 0 amide bonds. The standard InChI is InChI=1S/C21H21NO8/c1-26-18-7-4-14(12-19(18)27-2)5-9-20(23)30-17-8-6-15(13-16(17)22(24)25)21-28-10-3-11-29-21/h4-9,12-13,21H,3,10-11H2,1-2H3/b9-5+. The first-order chi connectivity index (χ1) is 14.5. The minimum absolute atomic E-state index is 0.165. The Kier molecular flexibility index (Phi) is 6.99. The molecule has 9 heteroatoms. The number of nitro benzene ring substituents is 1. The third-order valence-corrected chi connectivity index (χ3v) is 4.31. The lowest BCUT2D eigenvalue weighted by atomic mass is 10.1. The van der Waals surface area contributed by atoms with Gasteiger partial charge in [-0.15, -0.1) is 0 Å². The van der Waals surface area contributed by atoms with E-state index in [-0.39, 0.29) is 11.4 Å². The highest BCUT2D eigenvalue weighted by atomic mass is 16.7. The fourth-order valence-corrected chi connectivity index (χ4v) is 2.85. The molecule has 1 aliphatic heterocycles. The van der Waals surface area contributed by atoms with Crippen LogP contribution < -0.4 is 14.2 Å². The third-order valence-electron chi connectivity index (χ3n) is 4.31. The van der Waals surface area contributed by atoms with Crippen LogP contribution >= 0.6 is 0 Å². The lowest BCUT2D eigenvalue weighted by Gasteiger charge is -2.23. The van der Waals surface area contributed by atoms with E-state index in [1.54, 1.807) is 24.3 Å². The largest absolute Gasteiger partial charge is 0.493 e. The zero-order valence-electron chi connectivity index (χ0n) is 16.5. The van der Waals surface area contributed by atoms with E-state index in [0.29, 0.717) is 35.8 Å². The number of rotatable bonds is 7. The van der Waals surface area contributed by atoms with Gasteiger partial charge in [0.15, 0.2) is 17.8 Å². The second-order valence-electron chi connectivity index (χ2n) is 6.28. The maximum atomic E-state index is 12.2. The molecule has 2 aromatic rings. The summed E-state index contributed by atoms with van der Waals surface area (Å²) in [5.41, 5.74) is 0.807. The Morgan fingerprint density at radius 2 is 1.77 bits per heavy atom. The van der Waals surface area contributed by atoms with Gasteiger partial charge < -0.3 is 23.7 Å². The molecule has 0 aromatic heterocycles. The molecule has 0 spiro atoms. The highest BCUT2D eigenvalue weighted by Crippen LogP contribution is 2.33. The average molecular weight is 415 g/mol. The fraction of sp³-hybridized carbons (Fsp3) is 0.286.